The number of hydrogen-bond acceptors (Lipinski definition) is 3. The van der Waals surface area contributed by atoms with Crippen LogP contribution in [0.5, 0.6) is 0 Å². The van der Waals surface area contributed by atoms with Gasteiger partial charge in [-0.25, -0.2) is 0 Å². The van der Waals surface area contributed by atoms with Gasteiger partial charge in [0.25, 0.3) is 0 Å². The molecule has 0 aliphatic rings. The summed E-state index contributed by atoms with van der Waals surface area (Å²) < 4.78 is 6.11. The quantitative estimate of drug-likeness (QED) is 0.868. The summed E-state index contributed by atoms with van der Waals surface area (Å²) in [5.74, 6) is 0.932. The van der Waals surface area contributed by atoms with Crippen LogP contribution < -0.4 is 5.73 Å². The molecular weight excluding hydrogens is 301 g/mol. The molecule has 0 saturated heterocycles. The molecule has 1 rings (SSSR count). The third-order valence-corrected chi connectivity index (χ3v) is 4.22. The van der Waals surface area contributed by atoms with Crippen molar-refractivity contribution >= 4 is 34.3 Å². The average molecular weight is 317 g/mol. The van der Waals surface area contributed by atoms with Crippen molar-refractivity contribution in [1.82, 2.24) is 0 Å². The Kier molecular flexibility index (Phi) is 4.86. The van der Waals surface area contributed by atoms with Crippen molar-refractivity contribution in [3.05, 3.63) is 23.7 Å². The zero-order valence-corrected chi connectivity index (χ0v) is 12.5. The Hall–Kier alpha value is 0.389. The van der Waals surface area contributed by atoms with Crippen LogP contribution in [0.2, 0.25) is 0 Å². The number of furan rings is 1. The van der Waals surface area contributed by atoms with Crippen molar-refractivity contribution in [2.24, 2.45) is 5.73 Å². The van der Waals surface area contributed by atoms with Crippen LogP contribution >= 0.6 is 11.8 Å². The van der Waals surface area contributed by atoms with Gasteiger partial charge in [-0.2, -0.15) is 0 Å². The zero-order valence-electron chi connectivity index (χ0n) is 8.78. The van der Waals surface area contributed by atoms with Crippen LogP contribution in [0.3, 0.4) is 0 Å². The van der Waals surface area contributed by atoms with Gasteiger partial charge in [0.05, 0.1) is 0 Å². The summed E-state index contributed by atoms with van der Waals surface area (Å²) in [5, 5.41) is 0.476. The molecule has 1 aromatic heterocycles. The van der Waals surface area contributed by atoms with Gasteiger partial charge >= 0.3 is 103 Å². The van der Waals surface area contributed by atoms with E-state index in [1.54, 1.807) is 28.8 Å². The van der Waals surface area contributed by atoms with E-state index in [4.69, 9.17) is 10.2 Å². The van der Waals surface area contributed by atoms with Gasteiger partial charge in [0.15, 0.2) is 0 Å². The molecule has 3 radical (unpaired) electrons. The molecule has 1 heterocycles. The second-order valence-electron chi connectivity index (χ2n) is 3.45. The Labute approximate surface area is 103 Å². The minimum absolute atomic E-state index is 0.0110. The normalized spacial score (nSPS) is 17.8. The van der Waals surface area contributed by atoms with E-state index in [0.29, 0.717) is 8.52 Å². The first-order chi connectivity index (χ1) is 6.52. The summed E-state index contributed by atoms with van der Waals surface area (Å²) in [6.07, 6.45) is 1.73. The van der Waals surface area contributed by atoms with Gasteiger partial charge in [-0.15, -0.1) is 0 Å². The molecule has 3 unspecified atom stereocenters. The van der Waals surface area contributed by atoms with Gasteiger partial charge in [0, 0.05) is 0 Å². The van der Waals surface area contributed by atoms with Gasteiger partial charge < -0.3 is 0 Å². The average Bonchev–Trinajstić information content (AvgIpc) is 2.49. The maximum atomic E-state index is 5.83. The minimum atomic E-state index is -0.0110. The monoisotopic (exact) mass is 318 g/mol. The number of rotatable bonds is 4. The first-order valence-electron chi connectivity index (χ1n) is 4.71. The number of thioether (sulfide) groups is 1. The van der Waals surface area contributed by atoms with Crippen LogP contribution in [0, 0.1) is 0 Å². The third-order valence-electron chi connectivity index (χ3n) is 1.99. The molecule has 0 aliphatic heterocycles. The summed E-state index contributed by atoms with van der Waals surface area (Å²) in [6, 6.07) is 2.03. The zero-order chi connectivity index (χ0) is 10.7. The molecule has 1 aromatic rings. The number of nitrogens with two attached hydrogens (primary N) is 1. The van der Waals surface area contributed by atoms with Gasteiger partial charge in [0.1, 0.15) is 0 Å². The Morgan fingerprint density at radius 3 is 2.57 bits per heavy atom. The van der Waals surface area contributed by atoms with Crippen molar-refractivity contribution in [2.45, 2.75) is 35.3 Å². The first-order valence-corrected chi connectivity index (χ1v) is 7.31. The van der Waals surface area contributed by atoms with Gasteiger partial charge in [-0.3, -0.25) is 0 Å². The predicted octanol–water partition coefficient (Wildman–Crippen LogP) is 2.61. The summed E-state index contributed by atoms with van der Waals surface area (Å²) in [7, 11) is 0. The van der Waals surface area contributed by atoms with Gasteiger partial charge in [-0.05, 0) is 0 Å². The molecule has 0 bridgehead atoms. The Morgan fingerprint density at radius 1 is 1.43 bits per heavy atom. The van der Waals surface area contributed by atoms with Crippen LogP contribution in [0.1, 0.15) is 43.4 Å². The summed E-state index contributed by atoms with van der Waals surface area (Å²) in [5.41, 5.74) is 7.08. The molecule has 0 aromatic carbocycles. The summed E-state index contributed by atoms with van der Waals surface area (Å²) in [4.78, 5) is 0. The van der Waals surface area contributed by atoms with Gasteiger partial charge in [0.2, 0.25) is 0 Å². The van der Waals surface area contributed by atoms with E-state index < -0.39 is 0 Å². The van der Waals surface area contributed by atoms with E-state index in [9.17, 15) is 0 Å². The van der Waals surface area contributed by atoms with Crippen molar-refractivity contribution in [3.63, 3.8) is 0 Å². The van der Waals surface area contributed by atoms with E-state index in [1.165, 1.54) is 5.56 Å². The molecule has 77 valence electrons. The van der Waals surface area contributed by atoms with Crippen LogP contribution in [0.25, 0.3) is 0 Å². The fourth-order valence-electron chi connectivity index (χ4n) is 1.42. The SMILES string of the molecule is C[CH]([Sn])SC(C)c1ccoc1C(C)N. The molecular formula is C10H16NOSSn. The van der Waals surface area contributed by atoms with E-state index in [2.05, 4.69) is 13.8 Å². The second kappa shape index (κ2) is 5.47. The van der Waals surface area contributed by atoms with Crippen molar-refractivity contribution in [1.29, 1.82) is 0 Å². The fourth-order valence-corrected chi connectivity index (χ4v) is 4.12. The molecule has 14 heavy (non-hydrogen) atoms. The molecule has 0 spiro atoms. The molecule has 0 aliphatic carbocycles. The van der Waals surface area contributed by atoms with E-state index in [1.807, 2.05) is 24.8 Å². The van der Waals surface area contributed by atoms with E-state index in [-0.39, 0.29) is 6.04 Å². The Bertz CT molecular complexity index is 285. The van der Waals surface area contributed by atoms with Crippen molar-refractivity contribution in [2.75, 3.05) is 0 Å². The molecule has 0 amide bonds. The standard InChI is InChI=1S/C10H16NOS.Sn/c1-4-13-8(3)9-5-6-12-10(9)7(2)11;/h4-8H,11H2,1-3H3;. The summed E-state index contributed by atoms with van der Waals surface area (Å²) >= 11 is 3.53. The molecule has 3 atom stereocenters. The maximum absolute atomic E-state index is 5.83. The van der Waals surface area contributed by atoms with Crippen molar-refractivity contribution < 1.29 is 4.42 Å². The molecule has 2 N–H and O–H groups in total. The summed E-state index contributed by atoms with van der Waals surface area (Å²) in [6.45, 7) is 6.41. The first kappa shape index (κ1) is 12.5. The van der Waals surface area contributed by atoms with Gasteiger partial charge in [-0.1, -0.05) is 0 Å². The molecule has 0 fully saturated rings. The van der Waals surface area contributed by atoms with Crippen LogP contribution in [0.15, 0.2) is 16.7 Å². The molecule has 2 nitrogen and oxygen atoms in total. The molecule has 0 saturated carbocycles. The van der Waals surface area contributed by atoms with Crippen molar-refractivity contribution in [3.8, 4) is 0 Å². The number of hydrogen-bond donors (Lipinski definition) is 1. The molecule has 4 heteroatoms. The van der Waals surface area contributed by atoms with E-state index in [0.717, 1.165) is 5.76 Å². The Balaban J connectivity index is 2.78. The van der Waals surface area contributed by atoms with Crippen LogP contribution in [0.4, 0.5) is 0 Å². The third kappa shape index (κ3) is 3.21. The second-order valence-corrected chi connectivity index (χ2v) is 8.80. The van der Waals surface area contributed by atoms with Crippen LogP contribution in [-0.4, -0.2) is 25.8 Å². The van der Waals surface area contributed by atoms with Crippen LogP contribution in [-0.2, 0) is 0 Å². The fraction of sp³-hybridized carbons (Fsp3) is 0.600. The Morgan fingerprint density at radius 2 is 2.07 bits per heavy atom. The van der Waals surface area contributed by atoms with E-state index >= 15 is 0 Å². The predicted molar refractivity (Wildman–Crippen MR) is 62.5 cm³/mol. The topological polar surface area (TPSA) is 39.2 Å².